The second kappa shape index (κ2) is 7.37. The number of thiophene rings is 1. The smallest absolute Gasteiger partial charge is 0.341 e. The van der Waals surface area contributed by atoms with Crippen molar-refractivity contribution >= 4 is 28.2 Å². The molecule has 0 unspecified atom stereocenters. The minimum absolute atomic E-state index is 0.207. The molecule has 0 aliphatic carbocycles. The maximum atomic E-state index is 12.6. The molecule has 132 valence electrons. The quantitative estimate of drug-likeness (QED) is 0.850. The van der Waals surface area contributed by atoms with Crippen molar-refractivity contribution in [3.8, 4) is 0 Å². The van der Waals surface area contributed by atoms with E-state index in [9.17, 15) is 9.59 Å². The number of nitrogens with zero attached hydrogens (tertiary/aromatic N) is 1. The first kappa shape index (κ1) is 17.6. The van der Waals surface area contributed by atoms with Crippen LogP contribution in [0.3, 0.4) is 0 Å². The SMILES string of the molecule is CCOC(=O)c1c(NC(=O)c2cccc(C)c2)sc2c1CCN(C)C2. The van der Waals surface area contributed by atoms with Gasteiger partial charge >= 0.3 is 5.97 Å². The fourth-order valence-corrected chi connectivity index (χ4v) is 4.31. The fourth-order valence-electron chi connectivity index (χ4n) is 3.00. The van der Waals surface area contributed by atoms with Crippen molar-refractivity contribution in [2.24, 2.45) is 0 Å². The van der Waals surface area contributed by atoms with Crippen molar-refractivity contribution in [3.63, 3.8) is 0 Å². The van der Waals surface area contributed by atoms with Crippen molar-refractivity contribution in [1.82, 2.24) is 4.90 Å². The summed E-state index contributed by atoms with van der Waals surface area (Å²) in [6.07, 6.45) is 0.788. The maximum absolute atomic E-state index is 12.6. The van der Waals surface area contributed by atoms with Crippen molar-refractivity contribution < 1.29 is 14.3 Å². The van der Waals surface area contributed by atoms with Gasteiger partial charge in [-0.1, -0.05) is 17.7 Å². The second-order valence-corrected chi connectivity index (χ2v) is 7.34. The number of benzene rings is 1. The summed E-state index contributed by atoms with van der Waals surface area (Å²) in [5, 5.41) is 3.51. The lowest BCUT2D eigenvalue weighted by molar-refractivity contribution is 0.0526. The summed E-state index contributed by atoms with van der Waals surface area (Å²) in [6.45, 7) is 5.72. The topological polar surface area (TPSA) is 58.6 Å². The van der Waals surface area contributed by atoms with Crippen LogP contribution in [0, 0.1) is 6.92 Å². The van der Waals surface area contributed by atoms with E-state index in [1.807, 2.05) is 25.1 Å². The molecule has 2 aromatic rings. The van der Waals surface area contributed by atoms with E-state index in [1.54, 1.807) is 13.0 Å². The number of ether oxygens (including phenoxy) is 1. The Morgan fingerprint density at radius 2 is 2.16 bits per heavy atom. The van der Waals surface area contributed by atoms with Crippen LogP contribution in [0.25, 0.3) is 0 Å². The number of hydrogen-bond acceptors (Lipinski definition) is 5. The van der Waals surface area contributed by atoms with Gasteiger partial charge in [0.15, 0.2) is 0 Å². The van der Waals surface area contributed by atoms with E-state index in [1.165, 1.54) is 11.3 Å². The molecule has 0 atom stereocenters. The molecule has 3 rings (SSSR count). The van der Waals surface area contributed by atoms with Crippen LogP contribution in [0.4, 0.5) is 5.00 Å². The number of fused-ring (bicyclic) bond motifs is 1. The highest BCUT2D eigenvalue weighted by Crippen LogP contribution is 2.37. The number of esters is 1. The second-order valence-electron chi connectivity index (χ2n) is 6.24. The van der Waals surface area contributed by atoms with Crippen LogP contribution in [-0.4, -0.2) is 37.0 Å². The number of carbonyl (C=O) groups excluding carboxylic acids is 2. The molecule has 25 heavy (non-hydrogen) atoms. The molecule has 1 aliphatic rings. The molecule has 1 N–H and O–H groups in total. The number of nitrogens with one attached hydrogen (secondary N) is 1. The molecular formula is C19H22N2O3S. The summed E-state index contributed by atoms with van der Waals surface area (Å²) in [7, 11) is 2.05. The Labute approximate surface area is 151 Å². The molecule has 2 heterocycles. The molecule has 0 radical (unpaired) electrons. The molecule has 0 bridgehead atoms. The van der Waals surface area contributed by atoms with Gasteiger partial charge in [0.25, 0.3) is 5.91 Å². The molecule has 1 aliphatic heterocycles. The fraction of sp³-hybridized carbons (Fsp3) is 0.368. The van der Waals surface area contributed by atoms with E-state index >= 15 is 0 Å². The summed E-state index contributed by atoms with van der Waals surface area (Å²) in [4.78, 5) is 28.4. The van der Waals surface area contributed by atoms with E-state index < -0.39 is 0 Å². The first-order chi connectivity index (χ1) is 12.0. The molecule has 5 nitrogen and oxygen atoms in total. The number of carbonyl (C=O) groups is 2. The standard InChI is InChI=1S/C19H22N2O3S/c1-4-24-19(23)16-14-8-9-21(3)11-15(14)25-18(16)20-17(22)13-7-5-6-12(2)10-13/h5-7,10H,4,8-9,11H2,1-3H3,(H,20,22). The maximum Gasteiger partial charge on any atom is 0.341 e. The van der Waals surface area contributed by atoms with E-state index in [2.05, 4.69) is 17.3 Å². The van der Waals surface area contributed by atoms with E-state index in [-0.39, 0.29) is 11.9 Å². The van der Waals surface area contributed by atoms with Gasteiger partial charge in [-0.25, -0.2) is 4.79 Å². The monoisotopic (exact) mass is 358 g/mol. The summed E-state index contributed by atoms with van der Waals surface area (Å²) >= 11 is 1.47. The highest BCUT2D eigenvalue weighted by atomic mass is 32.1. The number of amides is 1. The normalized spacial score (nSPS) is 14.0. The Balaban J connectivity index is 1.94. The molecule has 1 aromatic heterocycles. The lowest BCUT2D eigenvalue weighted by Gasteiger charge is -2.22. The minimum Gasteiger partial charge on any atom is -0.462 e. The molecule has 6 heteroatoms. The average molecular weight is 358 g/mol. The predicted octanol–water partition coefficient (Wildman–Crippen LogP) is 3.47. The highest BCUT2D eigenvalue weighted by Gasteiger charge is 2.28. The van der Waals surface area contributed by atoms with Crippen LogP contribution in [-0.2, 0) is 17.7 Å². The van der Waals surface area contributed by atoms with Gasteiger partial charge in [-0.15, -0.1) is 11.3 Å². The van der Waals surface area contributed by atoms with Gasteiger partial charge in [-0.2, -0.15) is 0 Å². The van der Waals surface area contributed by atoms with Gasteiger partial charge in [-0.3, -0.25) is 4.79 Å². The zero-order chi connectivity index (χ0) is 18.0. The lowest BCUT2D eigenvalue weighted by Crippen LogP contribution is -2.26. The van der Waals surface area contributed by atoms with Crippen molar-refractivity contribution in [3.05, 3.63) is 51.4 Å². The third kappa shape index (κ3) is 3.75. The number of anilines is 1. The van der Waals surface area contributed by atoms with E-state index in [4.69, 9.17) is 4.74 Å². The van der Waals surface area contributed by atoms with Crippen LogP contribution < -0.4 is 5.32 Å². The minimum atomic E-state index is -0.357. The van der Waals surface area contributed by atoms with Crippen molar-refractivity contribution in [2.75, 3.05) is 25.5 Å². The van der Waals surface area contributed by atoms with E-state index in [0.717, 1.165) is 35.5 Å². The number of rotatable bonds is 4. The van der Waals surface area contributed by atoms with Crippen LogP contribution in [0.2, 0.25) is 0 Å². The summed E-state index contributed by atoms with van der Waals surface area (Å²) < 4.78 is 5.23. The van der Waals surface area contributed by atoms with Crippen LogP contribution in [0.1, 0.15) is 43.6 Å². The Kier molecular flexibility index (Phi) is 5.20. The van der Waals surface area contributed by atoms with Gasteiger partial charge in [-0.05, 0) is 45.0 Å². The van der Waals surface area contributed by atoms with Crippen molar-refractivity contribution in [1.29, 1.82) is 0 Å². The van der Waals surface area contributed by atoms with Crippen LogP contribution >= 0.6 is 11.3 Å². The van der Waals surface area contributed by atoms with Crippen LogP contribution in [0.5, 0.6) is 0 Å². The van der Waals surface area contributed by atoms with Gasteiger partial charge in [0.2, 0.25) is 0 Å². The predicted molar refractivity (Wildman–Crippen MR) is 99.4 cm³/mol. The molecule has 0 spiro atoms. The molecule has 0 fully saturated rings. The molecular weight excluding hydrogens is 336 g/mol. The first-order valence-electron chi connectivity index (χ1n) is 8.37. The van der Waals surface area contributed by atoms with Crippen LogP contribution in [0.15, 0.2) is 24.3 Å². The third-order valence-corrected chi connectivity index (χ3v) is 5.37. The highest BCUT2D eigenvalue weighted by molar-refractivity contribution is 7.17. The zero-order valence-corrected chi connectivity index (χ0v) is 15.5. The summed E-state index contributed by atoms with van der Waals surface area (Å²) in [5.74, 6) is -0.565. The van der Waals surface area contributed by atoms with Crippen molar-refractivity contribution in [2.45, 2.75) is 26.8 Å². The van der Waals surface area contributed by atoms with Gasteiger partial charge in [0.05, 0.1) is 12.2 Å². The summed E-state index contributed by atoms with van der Waals surface area (Å²) in [6, 6.07) is 7.40. The molecule has 0 saturated heterocycles. The van der Waals surface area contributed by atoms with Gasteiger partial charge in [0.1, 0.15) is 5.00 Å². The van der Waals surface area contributed by atoms with Gasteiger partial charge in [0, 0.05) is 23.5 Å². The molecule has 1 amide bonds. The first-order valence-corrected chi connectivity index (χ1v) is 9.19. The number of hydrogen-bond donors (Lipinski definition) is 1. The number of aryl methyl sites for hydroxylation is 1. The molecule has 0 saturated carbocycles. The Bertz CT molecular complexity index is 813. The Hall–Kier alpha value is -2.18. The lowest BCUT2D eigenvalue weighted by atomic mass is 10.0. The Morgan fingerprint density at radius 1 is 1.36 bits per heavy atom. The summed E-state index contributed by atoms with van der Waals surface area (Å²) in [5.41, 5.74) is 3.14. The van der Waals surface area contributed by atoms with E-state index in [0.29, 0.717) is 22.7 Å². The average Bonchev–Trinajstić information content (AvgIpc) is 2.91. The van der Waals surface area contributed by atoms with Gasteiger partial charge < -0.3 is 15.0 Å². The number of likely N-dealkylation sites (N-methyl/N-ethyl adjacent to an activating group) is 1. The molecule has 1 aromatic carbocycles. The third-order valence-electron chi connectivity index (χ3n) is 4.23. The zero-order valence-electron chi connectivity index (χ0n) is 14.7. The Morgan fingerprint density at radius 3 is 2.88 bits per heavy atom. The largest absolute Gasteiger partial charge is 0.462 e.